The molecule has 0 amide bonds. The highest BCUT2D eigenvalue weighted by atomic mass is 16.5. The van der Waals surface area contributed by atoms with Crippen molar-refractivity contribution in [3.8, 4) is 0 Å². The Morgan fingerprint density at radius 1 is 1.41 bits per heavy atom. The molecule has 0 heterocycles. The number of hydrogen-bond acceptors (Lipinski definition) is 3. The predicted molar refractivity (Wildman–Crippen MR) is 67.1 cm³/mol. The third-order valence-electron chi connectivity index (χ3n) is 3.07. The van der Waals surface area contributed by atoms with Gasteiger partial charge in [-0.05, 0) is 19.8 Å². The van der Waals surface area contributed by atoms with Crippen LogP contribution < -0.4 is 5.32 Å². The lowest BCUT2D eigenvalue weighted by Gasteiger charge is -2.21. The van der Waals surface area contributed by atoms with Crippen LogP contribution in [-0.2, 0) is 9.53 Å². The summed E-state index contributed by atoms with van der Waals surface area (Å²) in [7, 11) is 0. The molecule has 0 radical (unpaired) electrons. The number of carboxylic acids is 1. The van der Waals surface area contributed by atoms with Gasteiger partial charge in [0.1, 0.15) is 0 Å². The van der Waals surface area contributed by atoms with Gasteiger partial charge < -0.3 is 15.2 Å². The van der Waals surface area contributed by atoms with Gasteiger partial charge in [0.15, 0.2) is 0 Å². The molecule has 1 saturated carbocycles. The fraction of sp³-hybridized carbons (Fsp3) is 0.769. The monoisotopic (exact) mass is 241 g/mol. The second-order valence-electron chi connectivity index (χ2n) is 4.53. The van der Waals surface area contributed by atoms with Gasteiger partial charge in [0.2, 0.25) is 0 Å². The molecule has 1 aliphatic rings. The normalized spacial score (nSPS) is 18.3. The maximum absolute atomic E-state index is 10.5. The molecule has 4 nitrogen and oxygen atoms in total. The summed E-state index contributed by atoms with van der Waals surface area (Å²) in [5, 5.41) is 11.8. The van der Waals surface area contributed by atoms with Crippen LogP contribution in [0.2, 0.25) is 0 Å². The second-order valence-corrected chi connectivity index (χ2v) is 4.53. The van der Waals surface area contributed by atoms with E-state index in [9.17, 15) is 4.79 Å². The third-order valence-corrected chi connectivity index (χ3v) is 3.07. The van der Waals surface area contributed by atoms with Crippen LogP contribution in [0.25, 0.3) is 0 Å². The van der Waals surface area contributed by atoms with E-state index in [1.807, 2.05) is 0 Å². The fourth-order valence-corrected chi connectivity index (χ4v) is 1.94. The van der Waals surface area contributed by atoms with Crippen molar-refractivity contribution in [3.63, 3.8) is 0 Å². The molecule has 0 spiro atoms. The molecule has 0 atom stereocenters. The van der Waals surface area contributed by atoms with Crippen molar-refractivity contribution in [2.75, 3.05) is 19.7 Å². The van der Waals surface area contributed by atoms with Crippen molar-refractivity contribution >= 4 is 5.97 Å². The summed E-state index contributed by atoms with van der Waals surface area (Å²) in [4.78, 5) is 10.5. The summed E-state index contributed by atoms with van der Waals surface area (Å²) in [5.41, 5.74) is 0.380. The molecular weight excluding hydrogens is 218 g/mol. The molecule has 0 aromatic carbocycles. The average Bonchev–Trinajstić information content (AvgIpc) is 2.34. The lowest BCUT2D eigenvalue weighted by molar-refractivity contribution is -0.132. The maximum Gasteiger partial charge on any atom is 0.330 e. The van der Waals surface area contributed by atoms with Crippen LogP contribution in [0, 0.1) is 0 Å². The fourth-order valence-electron chi connectivity index (χ4n) is 1.94. The molecule has 0 aliphatic heterocycles. The van der Waals surface area contributed by atoms with Crippen LogP contribution in [0.4, 0.5) is 0 Å². The highest BCUT2D eigenvalue weighted by Crippen LogP contribution is 2.19. The zero-order valence-electron chi connectivity index (χ0n) is 10.6. The number of nitrogens with one attached hydrogen (secondary N) is 1. The summed E-state index contributed by atoms with van der Waals surface area (Å²) in [5.74, 6) is -0.856. The number of rotatable bonds is 7. The van der Waals surface area contributed by atoms with Crippen molar-refractivity contribution < 1.29 is 14.6 Å². The van der Waals surface area contributed by atoms with Gasteiger partial charge in [-0.3, -0.25) is 0 Å². The van der Waals surface area contributed by atoms with E-state index < -0.39 is 5.97 Å². The molecule has 1 fully saturated rings. The van der Waals surface area contributed by atoms with Crippen LogP contribution in [0.5, 0.6) is 0 Å². The van der Waals surface area contributed by atoms with E-state index in [1.54, 1.807) is 13.0 Å². The van der Waals surface area contributed by atoms with E-state index in [0.29, 0.717) is 24.8 Å². The van der Waals surface area contributed by atoms with Crippen LogP contribution in [-0.4, -0.2) is 36.9 Å². The molecule has 2 N–H and O–H groups in total. The number of hydrogen-bond donors (Lipinski definition) is 2. The van der Waals surface area contributed by atoms with Crippen molar-refractivity contribution in [1.29, 1.82) is 0 Å². The molecule has 98 valence electrons. The summed E-state index contributed by atoms with van der Waals surface area (Å²) < 4.78 is 5.74. The van der Waals surface area contributed by atoms with Crippen LogP contribution in [0.1, 0.15) is 39.0 Å². The molecule has 0 unspecified atom stereocenters. The second kappa shape index (κ2) is 8.25. The van der Waals surface area contributed by atoms with Crippen molar-refractivity contribution in [1.82, 2.24) is 5.32 Å². The minimum atomic E-state index is -0.856. The Kier molecular flexibility index (Phi) is 6.89. The molecular formula is C13H23NO3. The summed E-state index contributed by atoms with van der Waals surface area (Å²) in [6, 6.07) is 0. The number of carbonyl (C=O) groups is 1. The molecule has 4 heteroatoms. The lowest BCUT2D eigenvalue weighted by atomic mass is 9.98. The van der Waals surface area contributed by atoms with Crippen LogP contribution in [0.15, 0.2) is 11.6 Å². The smallest absolute Gasteiger partial charge is 0.330 e. The molecule has 0 aromatic rings. The average molecular weight is 241 g/mol. The van der Waals surface area contributed by atoms with Gasteiger partial charge >= 0.3 is 5.97 Å². The van der Waals surface area contributed by atoms with Gasteiger partial charge in [-0.15, -0.1) is 0 Å². The minimum Gasteiger partial charge on any atom is -0.478 e. The number of aliphatic carboxylic acids is 1. The lowest BCUT2D eigenvalue weighted by Crippen LogP contribution is -2.24. The van der Waals surface area contributed by atoms with E-state index in [1.165, 1.54) is 32.1 Å². The first-order valence-electron chi connectivity index (χ1n) is 6.42. The Labute approximate surface area is 103 Å². The standard InChI is InChI=1S/C13H23NO3/c1-11(13(15)16)7-8-14-9-10-17-12-5-3-2-4-6-12/h7,12,14H,2-6,8-10H2,1H3,(H,15,16). The summed E-state index contributed by atoms with van der Waals surface area (Å²) in [6.45, 7) is 3.68. The van der Waals surface area contributed by atoms with E-state index >= 15 is 0 Å². The third kappa shape index (κ3) is 6.44. The predicted octanol–water partition coefficient (Wildman–Crippen LogP) is 1.96. The van der Waals surface area contributed by atoms with Gasteiger partial charge in [-0.1, -0.05) is 25.3 Å². The van der Waals surface area contributed by atoms with E-state index in [2.05, 4.69) is 5.32 Å². The topological polar surface area (TPSA) is 58.6 Å². The number of ether oxygens (including phenoxy) is 1. The van der Waals surface area contributed by atoms with E-state index in [0.717, 1.165) is 6.54 Å². The Bertz CT molecular complexity index is 257. The van der Waals surface area contributed by atoms with Gasteiger partial charge in [-0.2, -0.15) is 0 Å². The molecule has 17 heavy (non-hydrogen) atoms. The molecule has 1 aliphatic carbocycles. The Morgan fingerprint density at radius 3 is 2.76 bits per heavy atom. The molecule has 0 saturated heterocycles. The van der Waals surface area contributed by atoms with Crippen LogP contribution >= 0.6 is 0 Å². The van der Waals surface area contributed by atoms with Crippen molar-refractivity contribution in [3.05, 3.63) is 11.6 Å². The SMILES string of the molecule is CC(=CCNCCOC1CCCCC1)C(=O)O. The minimum absolute atomic E-state index is 0.380. The first-order chi connectivity index (χ1) is 8.20. The largest absolute Gasteiger partial charge is 0.478 e. The Balaban J connectivity index is 1.97. The zero-order chi connectivity index (χ0) is 12.5. The van der Waals surface area contributed by atoms with E-state index in [-0.39, 0.29) is 0 Å². The first kappa shape index (κ1) is 14.2. The van der Waals surface area contributed by atoms with Crippen LogP contribution in [0.3, 0.4) is 0 Å². The van der Waals surface area contributed by atoms with Gasteiger partial charge in [-0.25, -0.2) is 4.79 Å². The highest BCUT2D eigenvalue weighted by molar-refractivity contribution is 5.85. The quantitative estimate of drug-likeness (QED) is 0.528. The molecule has 1 rings (SSSR count). The summed E-state index contributed by atoms with van der Waals surface area (Å²) in [6.07, 6.45) is 8.44. The van der Waals surface area contributed by atoms with Gasteiger partial charge in [0.25, 0.3) is 0 Å². The van der Waals surface area contributed by atoms with Gasteiger partial charge in [0, 0.05) is 18.7 Å². The summed E-state index contributed by atoms with van der Waals surface area (Å²) >= 11 is 0. The van der Waals surface area contributed by atoms with Crippen molar-refractivity contribution in [2.45, 2.75) is 45.1 Å². The molecule has 0 bridgehead atoms. The Morgan fingerprint density at radius 2 is 2.12 bits per heavy atom. The molecule has 0 aromatic heterocycles. The highest BCUT2D eigenvalue weighted by Gasteiger charge is 2.12. The Hall–Kier alpha value is -0.870. The maximum atomic E-state index is 10.5. The van der Waals surface area contributed by atoms with Crippen molar-refractivity contribution in [2.24, 2.45) is 0 Å². The zero-order valence-corrected chi connectivity index (χ0v) is 10.6. The number of carboxylic acid groups (broad SMARTS) is 1. The first-order valence-corrected chi connectivity index (χ1v) is 6.42. The van der Waals surface area contributed by atoms with Gasteiger partial charge in [0.05, 0.1) is 12.7 Å². The van der Waals surface area contributed by atoms with E-state index in [4.69, 9.17) is 9.84 Å².